The molecule has 0 amide bonds. The number of cyclic esters (lactones) is 2. The number of nitrogens with one attached hydrogen (secondary N) is 1. The minimum atomic E-state index is -1.41. The van der Waals surface area contributed by atoms with Gasteiger partial charge in [0.05, 0.1) is 84.1 Å². The van der Waals surface area contributed by atoms with Crippen LogP contribution >= 0.6 is 22.7 Å². The molecule has 0 spiro atoms. The number of carbonyl (C=O) groups is 4. The van der Waals surface area contributed by atoms with E-state index in [9.17, 15) is 24.4 Å². The van der Waals surface area contributed by atoms with Gasteiger partial charge >= 0.3 is 19.1 Å². The summed E-state index contributed by atoms with van der Waals surface area (Å²) in [4.78, 5) is 65.2. The zero-order chi connectivity index (χ0) is 95.0. The van der Waals surface area contributed by atoms with Crippen LogP contribution in [0.1, 0.15) is 178 Å². The van der Waals surface area contributed by atoms with E-state index < -0.39 is 37.8 Å². The van der Waals surface area contributed by atoms with E-state index >= 15 is 4.79 Å². The molecule has 4 aromatic carbocycles. The number of hydrogen-bond acceptors (Lipinski definition) is 28. The van der Waals surface area contributed by atoms with Crippen molar-refractivity contribution in [2.24, 2.45) is 71.0 Å². The minimum absolute atomic E-state index is 0. The number of benzene rings is 4. The summed E-state index contributed by atoms with van der Waals surface area (Å²) in [6.45, 7) is 16.5. The molecule has 3 N–H and O–H groups in total. The van der Waals surface area contributed by atoms with Crippen molar-refractivity contribution in [3.63, 3.8) is 0 Å². The van der Waals surface area contributed by atoms with Gasteiger partial charge in [-0.2, -0.15) is 0 Å². The normalized spacial score (nSPS) is 40.6. The molecule has 20 rings (SSSR count). The molecule has 0 radical (unpaired) electrons. The highest BCUT2D eigenvalue weighted by molar-refractivity contribution is 7.27. The summed E-state index contributed by atoms with van der Waals surface area (Å²) >= 11 is 3.45. The summed E-state index contributed by atoms with van der Waals surface area (Å²) in [5, 5.41) is 27.2. The number of likely N-dealkylation sites (N-methyl/N-ethyl adjacent to an activating group) is 2. The topological polar surface area (TPSA) is 288 Å². The average Bonchev–Trinajstić information content (AvgIpc) is 1.51. The largest absolute Gasteiger partial charge is 0.489 e. The first kappa shape index (κ1) is 102. The Morgan fingerprint density at radius 3 is 1.36 bits per heavy atom. The van der Waals surface area contributed by atoms with Crippen molar-refractivity contribution in [2.45, 2.75) is 337 Å². The number of thiophene rings is 2. The number of methoxy groups -OCH3 is 6. The Hall–Kier alpha value is -5.82. The Kier molecular flexibility index (Phi) is 32.4. The van der Waals surface area contributed by atoms with Crippen LogP contribution in [0, 0.1) is 71.0 Å². The van der Waals surface area contributed by atoms with Gasteiger partial charge in [0.2, 0.25) is 0 Å². The molecule has 8 saturated heterocycles. The van der Waals surface area contributed by atoms with Crippen LogP contribution in [0.25, 0.3) is 40.3 Å². The molecule has 2 aromatic heterocycles. The minimum Gasteiger partial charge on any atom is -0.462 e. The Labute approximate surface area is 812 Å². The SMILES string of the molecule is C.CC[C@H]1CCC[C@H](O[C@H]2CC[C@H](N(C)C)C(C)O2)[C@@H](C)C(=O)C2=C[C@H]3[C@@H]4C[C@H](O[C@@H]5OC(C)[C@H](OC)C(OC)[C@@H]5OC)C[C@H]4[C@@H]4N[C@@H]4[C@H]3[C@@H]2CC(=O)O1.CC[C@H]1CCC[C@H](O[C@H]2CC[C@H](N(C)C)C(C)O2)[C@@H](C)C(=O)C2=C[C@H]3[C@@H]4C[C@H](O[C@@H]5OC(C)[C@H](OC)C(OC)[C@@H]5OC)C[C@H]4[C@H]4[C@@H]([C@H]3[C@@H]2CC(=O)O1)N4c1cccc2c1sc1ccccc12.OB(O)c1cccc2c1sc1ccccc12. The number of carbonyl (C=O) groups excluding carboxylic acids is 4. The predicted octanol–water partition coefficient (Wildman–Crippen LogP) is 15.2. The van der Waals surface area contributed by atoms with Gasteiger partial charge in [-0.05, 0) is 246 Å². The van der Waals surface area contributed by atoms with Crippen LogP contribution in [0.4, 0.5) is 5.69 Å². The first-order valence-corrected chi connectivity index (χ1v) is 52.2. The zero-order valence-electron chi connectivity index (χ0n) is 82.2. The van der Waals surface area contributed by atoms with Crippen LogP contribution in [0.2, 0.25) is 0 Å². The predicted molar refractivity (Wildman–Crippen MR) is 526 cm³/mol. The number of Topliss-reactive ketones (excluding diaryl/α,β-unsaturated/α-hetero) is 2. The lowest BCUT2D eigenvalue weighted by molar-refractivity contribution is -0.314. The maximum absolute atomic E-state index is 15.4. The van der Waals surface area contributed by atoms with Crippen molar-refractivity contribution in [3.05, 3.63) is 108 Å². The van der Waals surface area contributed by atoms with E-state index in [-0.39, 0.29) is 207 Å². The molecular formula is C107H151BN4O22S2. The van der Waals surface area contributed by atoms with Gasteiger partial charge in [-0.3, -0.25) is 19.2 Å². The van der Waals surface area contributed by atoms with Gasteiger partial charge in [0, 0.05) is 121 Å². The van der Waals surface area contributed by atoms with Gasteiger partial charge in [0.1, 0.15) is 48.8 Å². The van der Waals surface area contributed by atoms with Gasteiger partial charge < -0.3 is 106 Å². The summed E-state index contributed by atoms with van der Waals surface area (Å²) < 4.78 is 106. The van der Waals surface area contributed by atoms with E-state index in [2.05, 4.69) is 144 Å². The molecule has 8 aliphatic heterocycles. The molecule has 10 heterocycles. The first-order valence-electron chi connectivity index (χ1n) is 50.5. The van der Waals surface area contributed by atoms with Crippen LogP contribution in [0.5, 0.6) is 0 Å². The van der Waals surface area contributed by atoms with Crippen LogP contribution in [-0.4, -0.2) is 280 Å². The van der Waals surface area contributed by atoms with Crippen molar-refractivity contribution in [2.75, 3.05) is 75.7 Å². The monoisotopic (exact) mass is 1920 g/mol. The highest BCUT2D eigenvalue weighted by atomic mass is 32.1. The Morgan fingerprint density at radius 1 is 0.456 bits per heavy atom. The third-order valence-corrected chi connectivity index (χ3v) is 36.4. The second-order valence-corrected chi connectivity index (χ2v) is 43.9. The van der Waals surface area contributed by atoms with E-state index in [1.54, 1.807) is 60.1 Å². The van der Waals surface area contributed by atoms with E-state index in [0.717, 1.165) is 111 Å². The number of hydrogen-bond donors (Lipinski definition) is 3. The summed E-state index contributed by atoms with van der Waals surface area (Å²) in [6.07, 6.45) is 12.4. The number of rotatable bonds is 20. The molecule has 6 aliphatic carbocycles. The summed E-state index contributed by atoms with van der Waals surface area (Å²) in [6, 6.07) is 30.8. The molecule has 0 bridgehead atoms. The Balaban J connectivity index is 0.000000163. The van der Waals surface area contributed by atoms with Crippen LogP contribution < -0.4 is 15.7 Å². The van der Waals surface area contributed by atoms with E-state index in [0.29, 0.717) is 54.2 Å². The lowest BCUT2D eigenvalue weighted by atomic mass is 9.66. The van der Waals surface area contributed by atoms with Gasteiger partial charge in [0.25, 0.3) is 0 Å². The van der Waals surface area contributed by atoms with Crippen molar-refractivity contribution in [1.82, 2.24) is 15.1 Å². The zero-order valence-corrected chi connectivity index (χ0v) is 83.8. The number of ether oxygens (including phenoxy) is 16. The summed E-state index contributed by atoms with van der Waals surface area (Å²) in [7, 11) is 17.0. The number of ketones is 2. The molecule has 14 aliphatic rings. The number of nitrogens with zero attached hydrogens (tertiary/aromatic N) is 3. The number of allylic oxidation sites excluding steroid dienone is 4. The van der Waals surface area contributed by atoms with E-state index in [1.807, 2.05) is 62.4 Å². The van der Waals surface area contributed by atoms with Crippen LogP contribution in [0.15, 0.2) is 108 Å². The van der Waals surface area contributed by atoms with Crippen LogP contribution in [-0.2, 0) is 95.0 Å². The number of fused-ring (bicyclic) bond motifs is 22. The first-order chi connectivity index (χ1) is 65.2. The van der Waals surface area contributed by atoms with Gasteiger partial charge in [-0.25, -0.2) is 0 Å². The quantitative estimate of drug-likeness (QED) is 0.0363. The second kappa shape index (κ2) is 43.4. The number of anilines is 1. The maximum Gasteiger partial charge on any atom is 0.489 e. The molecule has 38 atom stereocenters. The standard InChI is InChI=1S/C53H72N2O10S.C41H66N2O10.C12H9BO2S.CH4/c1-10-30-15-13-19-41(65-44-22-21-39(54(5)6)28(3)61-44)27(2)48(57)38-25-35-34-23-31(64-53-51(60-9)50(59-8)49(58-7)29(4)62-53)24-37(34)46-47(45(35)36(38)26-43(56)63-30)55(46)40-18-14-17-33-32-16-11-12-20-42(32)66-52(33)40;1-10-23-12-11-13-31(53-33-15-14-30(43(5)6)21(3)49-33)20(2)37(45)29-18-26-25-16-24(52-41-40(48-9)39(47-8)38(46-7)22(4)50-41)17-28(25)35-36(42-35)34(26)27(29)19-32(44)51-23;14-13(15)10-6-3-5-9-8-4-1-2-7-11(8)16-12(9)10;/h11-12,14,16-18,20,25,27-31,34-37,39,41,44-47,49-51,53H,10,13,15,19,21-24,26H2,1-9H3;18,20-28,30-31,33-36,38-42H,10-17,19H2,1-9H3;1-7,14-15H;1H4/t27-,28?,29?,30+,31+,34+,35+,36-,37-,39+,41+,44+,45-,46+,47-,49+,50?,51+,53+,55?;20-,21?,22?,23+,24+,25+,26+,27-,28-,30+,31+,33+,34-,35+,36-,38+,39?,40+,41+;;/m11../s1. The smallest absolute Gasteiger partial charge is 0.462 e. The second-order valence-electron chi connectivity index (χ2n) is 41.8. The Bertz CT molecular complexity index is 5190. The molecule has 136 heavy (non-hydrogen) atoms. The fraction of sp³-hybridized carbons (Fsp3) is 0.701. The molecule has 26 nitrogen and oxygen atoms in total. The van der Waals surface area contributed by atoms with Gasteiger partial charge in [-0.1, -0.05) is 114 Å². The van der Waals surface area contributed by atoms with Crippen molar-refractivity contribution < 1.29 is 105 Å². The molecule has 29 heteroatoms. The fourth-order valence-electron chi connectivity index (χ4n) is 27.3. The molecule has 6 aromatic rings. The van der Waals surface area contributed by atoms with E-state index in [1.165, 1.54) is 35.9 Å². The lowest BCUT2D eigenvalue weighted by Crippen LogP contribution is -2.59. The molecular weight excluding hydrogens is 1770 g/mol. The average molecular weight is 1920 g/mol. The highest BCUT2D eigenvalue weighted by Gasteiger charge is 2.71. The number of esters is 2. The fourth-order valence-corrected chi connectivity index (χ4v) is 29.8. The van der Waals surface area contributed by atoms with Crippen molar-refractivity contribution in [3.8, 4) is 0 Å². The summed E-state index contributed by atoms with van der Waals surface area (Å²) in [5.74, 6) is 0.277. The van der Waals surface area contributed by atoms with Crippen molar-refractivity contribution in [1.29, 1.82) is 0 Å². The van der Waals surface area contributed by atoms with Crippen molar-refractivity contribution >= 4 is 105 Å². The molecule has 746 valence electrons. The lowest BCUT2D eigenvalue weighted by Gasteiger charge is -2.44. The summed E-state index contributed by atoms with van der Waals surface area (Å²) in [5.41, 5.74) is 3.41. The van der Waals surface area contributed by atoms with E-state index in [4.69, 9.17) is 75.8 Å². The highest BCUT2D eigenvalue weighted by Crippen LogP contribution is 2.67. The molecule has 6 unspecified atom stereocenters. The maximum atomic E-state index is 15.4. The molecule has 12 fully saturated rings. The third kappa shape index (κ3) is 20.0. The Morgan fingerprint density at radius 2 is 0.890 bits per heavy atom. The third-order valence-electron chi connectivity index (χ3n) is 34.0. The molecule has 4 saturated carbocycles. The van der Waals surface area contributed by atoms with Crippen LogP contribution in [0.3, 0.4) is 0 Å². The van der Waals surface area contributed by atoms with Gasteiger partial charge in [-0.15, -0.1) is 22.7 Å². The van der Waals surface area contributed by atoms with Gasteiger partial charge in [0.15, 0.2) is 36.7 Å².